The molecule has 2 spiro atoms. The maximum Gasteiger partial charge on any atom is 0.0468 e. The molecule has 0 heterocycles. The van der Waals surface area contributed by atoms with Crippen LogP contribution in [-0.2, 0) is 10.8 Å². The zero-order valence-electron chi connectivity index (χ0n) is 33.2. The molecule has 5 aliphatic rings. The van der Waals surface area contributed by atoms with Gasteiger partial charge in [0.05, 0.1) is 0 Å². The Morgan fingerprint density at radius 2 is 1.11 bits per heavy atom. The Morgan fingerprint density at radius 1 is 0.491 bits per heavy atom. The number of nitrogens with zero attached hydrogens (tertiary/aromatic N) is 1. The van der Waals surface area contributed by atoms with E-state index in [-0.39, 0.29) is 10.8 Å². The van der Waals surface area contributed by atoms with E-state index in [1.807, 2.05) is 0 Å². The first-order valence-electron chi connectivity index (χ1n) is 22.0. The average Bonchev–Trinajstić information content (AvgIpc) is 3.94. The first-order valence-corrected chi connectivity index (χ1v) is 22.0. The normalized spacial score (nSPS) is 23.4. The molecule has 3 fully saturated rings. The monoisotopic (exact) mass is 737 g/mol. The Hall–Kier alpha value is -5.40. The zero-order chi connectivity index (χ0) is 37.7. The molecule has 0 aromatic heterocycles. The van der Waals surface area contributed by atoms with Gasteiger partial charge in [-0.3, -0.25) is 0 Å². The van der Waals surface area contributed by atoms with Crippen LogP contribution in [0.5, 0.6) is 0 Å². The summed E-state index contributed by atoms with van der Waals surface area (Å²) >= 11 is 0. The maximum absolute atomic E-state index is 2.59. The predicted octanol–water partition coefficient (Wildman–Crippen LogP) is 15.3. The van der Waals surface area contributed by atoms with Gasteiger partial charge in [-0.05, 0) is 159 Å². The minimum atomic E-state index is 0.108. The van der Waals surface area contributed by atoms with Gasteiger partial charge in [0.1, 0.15) is 0 Å². The van der Waals surface area contributed by atoms with E-state index in [1.165, 1.54) is 131 Å². The van der Waals surface area contributed by atoms with Crippen molar-refractivity contribution >= 4 is 27.8 Å². The molecular formula is C56H51N. The van der Waals surface area contributed by atoms with Crippen molar-refractivity contribution in [1.82, 2.24) is 0 Å². The Balaban J connectivity index is 1.06. The Morgan fingerprint density at radius 3 is 1.93 bits per heavy atom. The van der Waals surface area contributed by atoms with Crippen LogP contribution in [0.4, 0.5) is 17.1 Å². The summed E-state index contributed by atoms with van der Waals surface area (Å²) in [5.74, 6) is 2.30. The van der Waals surface area contributed by atoms with Gasteiger partial charge in [-0.1, -0.05) is 148 Å². The molecule has 2 atom stereocenters. The molecule has 7 aromatic carbocycles. The lowest BCUT2D eigenvalue weighted by Gasteiger charge is -2.55. The van der Waals surface area contributed by atoms with Crippen molar-refractivity contribution in [3.63, 3.8) is 0 Å². The van der Waals surface area contributed by atoms with Crippen LogP contribution in [0, 0.1) is 17.8 Å². The highest BCUT2D eigenvalue weighted by atomic mass is 15.1. The number of anilines is 3. The van der Waals surface area contributed by atoms with Gasteiger partial charge >= 0.3 is 0 Å². The summed E-state index contributed by atoms with van der Waals surface area (Å²) in [7, 11) is 0. The number of fused-ring (bicyclic) bond motifs is 9. The maximum atomic E-state index is 2.59. The molecule has 1 heteroatoms. The molecule has 0 radical (unpaired) electrons. The van der Waals surface area contributed by atoms with E-state index in [9.17, 15) is 0 Å². The topological polar surface area (TPSA) is 3.24 Å². The van der Waals surface area contributed by atoms with Crippen molar-refractivity contribution in [2.24, 2.45) is 17.8 Å². The van der Waals surface area contributed by atoms with E-state index < -0.39 is 0 Å². The van der Waals surface area contributed by atoms with Crippen LogP contribution < -0.4 is 4.90 Å². The minimum absolute atomic E-state index is 0.108. The molecule has 2 bridgehead atoms. The molecule has 5 aliphatic carbocycles. The van der Waals surface area contributed by atoms with Crippen molar-refractivity contribution in [2.45, 2.75) is 82.0 Å². The number of benzene rings is 7. The van der Waals surface area contributed by atoms with Crippen LogP contribution in [0.2, 0.25) is 0 Å². The quantitative estimate of drug-likeness (QED) is 0.170. The molecule has 0 amide bonds. The third-order valence-electron chi connectivity index (χ3n) is 15.7. The van der Waals surface area contributed by atoms with E-state index >= 15 is 0 Å². The molecule has 0 N–H and O–H groups in total. The van der Waals surface area contributed by atoms with Crippen molar-refractivity contribution in [2.75, 3.05) is 4.90 Å². The van der Waals surface area contributed by atoms with Crippen LogP contribution in [0.15, 0.2) is 152 Å². The minimum Gasteiger partial charge on any atom is -0.310 e. The third kappa shape index (κ3) is 4.75. The molecular weight excluding hydrogens is 687 g/mol. The van der Waals surface area contributed by atoms with Crippen molar-refractivity contribution < 1.29 is 0 Å². The Bertz CT molecular complexity index is 2690. The SMILES string of the molecule is CCC1CC2CCCC(C1)C21c2ccccc2-c2cc(N(c3cccc(-c4cccc5ccccc45)c3)c3ccc4c(c3)C3(CCCC3)c3ccccc3-4)ccc21. The van der Waals surface area contributed by atoms with E-state index in [0.29, 0.717) is 0 Å². The van der Waals surface area contributed by atoms with Crippen molar-refractivity contribution in [1.29, 1.82) is 0 Å². The first-order chi connectivity index (χ1) is 28.2. The highest BCUT2D eigenvalue weighted by Gasteiger charge is 2.57. The van der Waals surface area contributed by atoms with Gasteiger partial charge in [0, 0.05) is 27.9 Å². The molecule has 7 aromatic rings. The highest BCUT2D eigenvalue weighted by Crippen LogP contribution is 2.66. The number of hydrogen-bond donors (Lipinski definition) is 0. The number of rotatable bonds is 5. The summed E-state index contributed by atoms with van der Waals surface area (Å²) in [6.07, 6.45) is 13.2. The van der Waals surface area contributed by atoms with Gasteiger partial charge in [0.2, 0.25) is 0 Å². The summed E-state index contributed by atoms with van der Waals surface area (Å²) in [5.41, 5.74) is 18.6. The highest BCUT2D eigenvalue weighted by molar-refractivity contribution is 5.98. The van der Waals surface area contributed by atoms with Gasteiger partial charge in [-0.25, -0.2) is 0 Å². The van der Waals surface area contributed by atoms with Gasteiger partial charge < -0.3 is 4.90 Å². The predicted molar refractivity (Wildman–Crippen MR) is 239 cm³/mol. The van der Waals surface area contributed by atoms with Crippen molar-refractivity contribution in [3.05, 3.63) is 174 Å². The standard InChI is InChI=1S/C56H51N/c1-2-37-32-40-17-13-18-41(33-37)56(40)52-25-8-6-22-48(52)50-35-43(27-29-53(50)56)57(42-19-11-16-39(34-42)46-23-12-15-38-14-3-4-20-45(38)46)44-26-28-49-47-21-5-7-24-51(47)55(54(49)36-44)30-9-10-31-55/h3-8,11-12,14-16,19-29,34-37,40-41H,2,9-10,13,17-18,30-33H2,1H3. The number of hydrogen-bond acceptors (Lipinski definition) is 1. The van der Waals surface area contributed by atoms with Gasteiger partial charge in [-0.2, -0.15) is 0 Å². The zero-order valence-corrected chi connectivity index (χ0v) is 33.2. The van der Waals surface area contributed by atoms with E-state index in [1.54, 1.807) is 16.7 Å². The summed E-state index contributed by atoms with van der Waals surface area (Å²) < 4.78 is 0. The smallest absolute Gasteiger partial charge is 0.0468 e. The lowest BCUT2D eigenvalue weighted by atomic mass is 9.49. The molecule has 0 aliphatic heterocycles. The second-order valence-electron chi connectivity index (χ2n) is 18.2. The van der Waals surface area contributed by atoms with Gasteiger partial charge in [-0.15, -0.1) is 0 Å². The summed E-state index contributed by atoms with van der Waals surface area (Å²) in [5, 5.41) is 2.58. The fourth-order valence-corrected chi connectivity index (χ4v) is 13.4. The average molecular weight is 738 g/mol. The van der Waals surface area contributed by atoms with Crippen LogP contribution in [0.25, 0.3) is 44.2 Å². The molecule has 1 nitrogen and oxygen atoms in total. The molecule has 12 rings (SSSR count). The van der Waals surface area contributed by atoms with Gasteiger partial charge in [0.25, 0.3) is 0 Å². The third-order valence-corrected chi connectivity index (χ3v) is 15.7. The van der Waals surface area contributed by atoms with Crippen LogP contribution in [-0.4, -0.2) is 0 Å². The molecule has 0 saturated heterocycles. The molecule has 57 heavy (non-hydrogen) atoms. The lowest BCUT2D eigenvalue weighted by molar-refractivity contribution is 0.0492. The summed E-state index contributed by atoms with van der Waals surface area (Å²) in [4.78, 5) is 2.59. The Kier molecular flexibility index (Phi) is 7.57. The molecule has 2 unspecified atom stereocenters. The van der Waals surface area contributed by atoms with Crippen LogP contribution in [0.1, 0.15) is 93.4 Å². The fourth-order valence-electron chi connectivity index (χ4n) is 13.4. The van der Waals surface area contributed by atoms with E-state index in [0.717, 1.165) is 17.8 Å². The first kappa shape index (κ1) is 33.7. The summed E-state index contributed by atoms with van der Waals surface area (Å²) in [6, 6.07) is 58.8. The summed E-state index contributed by atoms with van der Waals surface area (Å²) in [6.45, 7) is 2.43. The van der Waals surface area contributed by atoms with Gasteiger partial charge in [0.15, 0.2) is 0 Å². The fraction of sp³-hybridized carbons (Fsp3) is 0.286. The van der Waals surface area contributed by atoms with Crippen LogP contribution >= 0.6 is 0 Å². The Labute approximate surface area is 338 Å². The molecule has 3 saturated carbocycles. The second-order valence-corrected chi connectivity index (χ2v) is 18.2. The van der Waals surface area contributed by atoms with Crippen molar-refractivity contribution in [3.8, 4) is 33.4 Å². The van der Waals surface area contributed by atoms with E-state index in [2.05, 4.69) is 163 Å². The largest absolute Gasteiger partial charge is 0.310 e. The van der Waals surface area contributed by atoms with Crippen LogP contribution in [0.3, 0.4) is 0 Å². The lowest BCUT2D eigenvalue weighted by Crippen LogP contribution is -2.49. The van der Waals surface area contributed by atoms with E-state index in [4.69, 9.17) is 0 Å². The molecule has 280 valence electrons. The second kappa shape index (κ2) is 12.8.